The molecule has 0 spiro atoms. The summed E-state index contributed by atoms with van der Waals surface area (Å²) in [5.74, 6) is 0. The first-order valence-electron chi connectivity index (χ1n) is 10.8. The maximum atomic E-state index is 10.7. The molecule has 2 N–H and O–H groups in total. The van der Waals surface area contributed by atoms with E-state index < -0.39 is 20.8 Å². The van der Waals surface area contributed by atoms with Crippen LogP contribution < -0.4 is 0 Å². The molecule has 0 saturated carbocycles. The molecule has 18 nitrogen and oxygen atoms in total. The molecule has 0 aliphatic rings. The molecule has 0 aromatic carbocycles. The second-order valence-corrected chi connectivity index (χ2v) is 11.1. The summed E-state index contributed by atoms with van der Waals surface area (Å²) >= 11 is 0. The molecule has 20 heteroatoms. The summed E-state index contributed by atoms with van der Waals surface area (Å²) in [4.78, 5) is 1.95. The fourth-order valence-corrected chi connectivity index (χ4v) is 3.64. The van der Waals surface area contributed by atoms with E-state index in [9.17, 15) is 16.8 Å². The van der Waals surface area contributed by atoms with Crippen LogP contribution in [0, 0.1) is 0 Å². The highest BCUT2D eigenvalue weighted by atomic mass is 32.3. The molecule has 0 saturated heterocycles. The minimum Gasteiger partial charge on any atom is -0.285 e. The van der Waals surface area contributed by atoms with Crippen molar-refractivity contribution in [2.75, 3.05) is 13.2 Å². The van der Waals surface area contributed by atoms with Crippen molar-refractivity contribution < 1.29 is 34.3 Å². The molecule has 3 aromatic rings. The molecule has 0 atom stereocenters. The van der Waals surface area contributed by atoms with Crippen LogP contribution in [0.5, 0.6) is 0 Å². The highest BCUT2D eigenvalue weighted by molar-refractivity contribution is 7.81. The fourth-order valence-electron chi connectivity index (χ4n) is 3.07. The Bertz CT molecular complexity index is 1300. The van der Waals surface area contributed by atoms with Crippen LogP contribution >= 0.6 is 0 Å². The van der Waals surface area contributed by atoms with Crippen molar-refractivity contribution in [3.05, 3.63) is 35.7 Å². The van der Waals surface area contributed by atoms with Gasteiger partial charge in [0.25, 0.3) is 0 Å². The van der Waals surface area contributed by atoms with E-state index in [0.717, 1.165) is 0 Å². The lowest BCUT2D eigenvalue weighted by Gasteiger charge is -2.19. The molecule has 0 bridgehead atoms. The topological polar surface area (TPSA) is 223 Å². The van der Waals surface area contributed by atoms with Gasteiger partial charge in [-0.15, -0.1) is 15.3 Å². The van der Waals surface area contributed by atoms with E-state index in [2.05, 4.69) is 39.3 Å². The summed E-state index contributed by atoms with van der Waals surface area (Å²) < 4.78 is 73.2. The maximum absolute atomic E-state index is 10.7. The van der Waals surface area contributed by atoms with Crippen LogP contribution in [0.3, 0.4) is 0 Å². The quantitative estimate of drug-likeness (QED) is 0.225. The van der Waals surface area contributed by atoms with E-state index >= 15 is 0 Å². The van der Waals surface area contributed by atoms with Crippen molar-refractivity contribution in [1.29, 1.82) is 0 Å². The third-order valence-electron chi connectivity index (χ3n) is 4.66. The number of nitrogens with zero attached hydrogens (tertiary/aromatic N) is 10. The van der Waals surface area contributed by atoms with Gasteiger partial charge in [-0.05, 0) is 20.8 Å². The van der Waals surface area contributed by atoms with Gasteiger partial charge in [-0.1, -0.05) is 15.6 Å². The second kappa shape index (κ2) is 11.7. The summed E-state index contributed by atoms with van der Waals surface area (Å²) in [6.45, 7) is 6.44. The summed E-state index contributed by atoms with van der Waals surface area (Å²) in [5.41, 5.74) is 1.56. The molecular weight excluding hydrogens is 536 g/mol. The summed E-state index contributed by atoms with van der Waals surface area (Å²) in [5, 5.41) is 24.5. The van der Waals surface area contributed by atoms with Gasteiger partial charge in [0.2, 0.25) is 0 Å². The Labute approximate surface area is 213 Å². The zero-order valence-electron chi connectivity index (χ0n) is 20.3. The summed E-state index contributed by atoms with van der Waals surface area (Å²) in [6.07, 6.45) is 5.05. The Morgan fingerprint density at radius 1 is 0.757 bits per heavy atom. The van der Waals surface area contributed by atoms with Crippen LogP contribution in [-0.2, 0) is 67.4 Å². The molecule has 0 fully saturated rings. The van der Waals surface area contributed by atoms with Gasteiger partial charge in [0, 0.05) is 32.0 Å². The molecule has 3 heterocycles. The lowest BCUT2D eigenvalue weighted by Crippen LogP contribution is -2.24. The number of rotatable bonds is 14. The van der Waals surface area contributed by atoms with Crippen LogP contribution in [0.2, 0.25) is 0 Å². The van der Waals surface area contributed by atoms with Gasteiger partial charge < -0.3 is 0 Å². The van der Waals surface area contributed by atoms with Gasteiger partial charge in [-0.2, -0.15) is 16.8 Å². The van der Waals surface area contributed by atoms with E-state index in [0.29, 0.717) is 36.7 Å². The van der Waals surface area contributed by atoms with Crippen molar-refractivity contribution in [2.45, 2.75) is 59.0 Å². The average molecular weight is 565 g/mol. The molecule has 3 aromatic heterocycles. The van der Waals surface area contributed by atoms with Gasteiger partial charge in [0.15, 0.2) is 0 Å². The Morgan fingerprint density at radius 3 is 1.54 bits per heavy atom. The normalized spacial score (nSPS) is 13.0. The Morgan fingerprint density at radius 2 is 1.16 bits per heavy atom. The summed E-state index contributed by atoms with van der Waals surface area (Å²) in [7, 11) is -9.09. The average Bonchev–Trinajstić information content (AvgIpc) is 3.48. The SMILES string of the molecule is CC(C)(C)n1cc(CN(Cc2cn(CCOS(=O)(=O)O)nn2)Cc2cn(CCOS(=O)(=O)O)nn2)nn1. The van der Waals surface area contributed by atoms with Crippen molar-refractivity contribution in [3.63, 3.8) is 0 Å². The molecule has 0 aliphatic carbocycles. The van der Waals surface area contributed by atoms with Crippen LogP contribution in [0.4, 0.5) is 0 Å². The van der Waals surface area contributed by atoms with Crippen molar-refractivity contribution in [2.24, 2.45) is 0 Å². The van der Waals surface area contributed by atoms with Gasteiger partial charge in [0.1, 0.15) is 0 Å². The van der Waals surface area contributed by atoms with E-state index in [4.69, 9.17) is 9.11 Å². The van der Waals surface area contributed by atoms with Crippen molar-refractivity contribution in [3.8, 4) is 0 Å². The molecule has 0 aliphatic heterocycles. The van der Waals surface area contributed by atoms with Crippen LogP contribution in [0.1, 0.15) is 37.9 Å². The highest BCUT2D eigenvalue weighted by Crippen LogP contribution is 2.15. The van der Waals surface area contributed by atoms with E-state index in [1.165, 1.54) is 9.36 Å². The number of hydrogen-bond donors (Lipinski definition) is 2. The molecular formula is C17H28N10O8S2. The fraction of sp³-hybridized carbons (Fsp3) is 0.647. The van der Waals surface area contributed by atoms with Crippen LogP contribution in [0.15, 0.2) is 18.6 Å². The van der Waals surface area contributed by atoms with Crippen LogP contribution in [-0.4, -0.2) is 89.0 Å². The van der Waals surface area contributed by atoms with Crippen molar-refractivity contribution >= 4 is 20.8 Å². The predicted molar refractivity (Wildman–Crippen MR) is 123 cm³/mol. The van der Waals surface area contributed by atoms with Gasteiger partial charge in [-0.25, -0.2) is 22.4 Å². The third kappa shape index (κ3) is 10.2. The van der Waals surface area contributed by atoms with Gasteiger partial charge in [0.05, 0.1) is 55.1 Å². The molecule has 0 radical (unpaired) electrons. The lowest BCUT2D eigenvalue weighted by molar-refractivity contribution is 0.238. The third-order valence-corrected chi connectivity index (χ3v) is 5.59. The van der Waals surface area contributed by atoms with E-state index in [1.807, 2.05) is 31.9 Å². The Hall–Kier alpha value is -2.88. The Kier molecular flexibility index (Phi) is 9.05. The molecule has 0 unspecified atom stereocenters. The molecule has 3 rings (SSSR count). The summed E-state index contributed by atoms with van der Waals surface area (Å²) in [6, 6.07) is 0. The number of hydrogen-bond acceptors (Lipinski definition) is 13. The smallest absolute Gasteiger partial charge is 0.285 e. The largest absolute Gasteiger partial charge is 0.397 e. The first-order valence-corrected chi connectivity index (χ1v) is 13.5. The van der Waals surface area contributed by atoms with E-state index in [1.54, 1.807) is 17.1 Å². The monoisotopic (exact) mass is 564 g/mol. The van der Waals surface area contributed by atoms with Gasteiger partial charge in [-0.3, -0.25) is 14.0 Å². The molecule has 0 amide bonds. The highest BCUT2D eigenvalue weighted by Gasteiger charge is 2.19. The number of aromatic nitrogens is 9. The van der Waals surface area contributed by atoms with Crippen LogP contribution in [0.25, 0.3) is 0 Å². The zero-order chi connectivity index (χ0) is 27.3. The minimum absolute atomic E-state index is 0.0483. The first kappa shape index (κ1) is 28.7. The second-order valence-electron chi connectivity index (χ2n) is 8.92. The molecule has 37 heavy (non-hydrogen) atoms. The minimum atomic E-state index is -4.55. The standard InChI is InChI=1S/C17H28N10O8S2/c1-17(2,3)27-13-16(20-23-27)10-24(8-14-11-25(21-18-14)4-6-34-36(28,29)30)9-15-12-26(22-19-15)5-7-35-37(31,32)33/h11-13H,4-10H2,1-3H3,(H,28,29,30)(H,31,32,33). The predicted octanol–water partition coefficient (Wildman–Crippen LogP) is -0.943. The van der Waals surface area contributed by atoms with Crippen molar-refractivity contribution in [1.82, 2.24) is 49.9 Å². The lowest BCUT2D eigenvalue weighted by atomic mass is 10.1. The molecule has 206 valence electrons. The maximum Gasteiger partial charge on any atom is 0.397 e. The van der Waals surface area contributed by atoms with E-state index in [-0.39, 0.29) is 31.8 Å². The first-order chi connectivity index (χ1) is 17.2. The Balaban J connectivity index is 1.69. The zero-order valence-corrected chi connectivity index (χ0v) is 21.9. The van der Waals surface area contributed by atoms with Gasteiger partial charge >= 0.3 is 20.8 Å².